The van der Waals surface area contributed by atoms with Crippen LogP contribution in [0.5, 0.6) is 0 Å². The molecule has 5 heteroatoms. The largest absolute Gasteiger partial charge is 0.356 e. The van der Waals surface area contributed by atoms with Gasteiger partial charge >= 0.3 is 0 Å². The molecule has 0 radical (unpaired) electrons. The molecule has 0 aliphatic carbocycles. The van der Waals surface area contributed by atoms with Gasteiger partial charge in [0.15, 0.2) is 0 Å². The molecule has 1 saturated heterocycles. The number of rotatable bonds is 2. The fourth-order valence-electron chi connectivity index (χ4n) is 3.35. The number of fused-ring (bicyclic) bond motifs is 3. The lowest BCUT2D eigenvalue weighted by atomic mass is 9.98. The maximum atomic E-state index is 5.86. The van der Waals surface area contributed by atoms with Crippen molar-refractivity contribution in [1.29, 1.82) is 0 Å². The maximum Gasteiger partial charge on any atom is 0.143 e. The fraction of sp³-hybridized carbons (Fsp3) is 0.375. The van der Waals surface area contributed by atoms with Crippen molar-refractivity contribution in [2.24, 2.45) is 11.7 Å². The van der Waals surface area contributed by atoms with Crippen LogP contribution in [-0.4, -0.2) is 34.6 Å². The minimum atomic E-state index is 0.564. The second-order valence-electron chi connectivity index (χ2n) is 5.78. The number of nitrogens with zero attached hydrogens (tertiary/aromatic N) is 3. The van der Waals surface area contributed by atoms with Crippen molar-refractivity contribution in [2.75, 3.05) is 24.5 Å². The lowest BCUT2D eigenvalue weighted by Crippen LogP contribution is -2.38. The van der Waals surface area contributed by atoms with Crippen LogP contribution in [0.3, 0.4) is 0 Å². The molecule has 0 spiro atoms. The average Bonchev–Trinajstić information content (AvgIpc) is 2.93. The van der Waals surface area contributed by atoms with Crippen molar-refractivity contribution < 1.29 is 0 Å². The summed E-state index contributed by atoms with van der Waals surface area (Å²) >= 11 is 0. The lowest BCUT2D eigenvalue weighted by molar-refractivity contribution is 0.422. The number of nitrogens with one attached hydrogen (secondary N) is 1. The van der Waals surface area contributed by atoms with Crippen LogP contribution in [0.25, 0.3) is 21.9 Å². The molecule has 3 N–H and O–H groups in total. The van der Waals surface area contributed by atoms with Gasteiger partial charge in [0.25, 0.3) is 0 Å². The van der Waals surface area contributed by atoms with Gasteiger partial charge in [-0.2, -0.15) is 0 Å². The van der Waals surface area contributed by atoms with Gasteiger partial charge in [0, 0.05) is 24.0 Å². The first-order chi connectivity index (χ1) is 10.4. The highest BCUT2D eigenvalue weighted by molar-refractivity contribution is 6.11. The van der Waals surface area contributed by atoms with Crippen LogP contribution in [0.1, 0.15) is 12.8 Å². The summed E-state index contributed by atoms with van der Waals surface area (Å²) in [5.41, 5.74) is 7.89. The number of nitrogens with two attached hydrogens (primary N) is 1. The summed E-state index contributed by atoms with van der Waals surface area (Å²) in [6.45, 7) is 2.78. The van der Waals surface area contributed by atoms with Gasteiger partial charge in [-0.3, -0.25) is 0 Å². The molecule has 0 bridgehead atoms. The van der Waals surface area contributed by atoms with Gasteiger partial charge in [0.1, 0.15) is 17.8 Å². The molecule has 1 fully saturated rings. The lowest BCUT2D eigenvalue weighted by Gasteiger charge is -2.33. The highest BCUT2D eigenvalue weighted by atomic mass is 15.2. The molecule has 1 aromatic carbocycles. The third-order valence-electron chi connectivity index (χ3n) is 4.43. The van der Waals surface area contributed by atoms with Crippen LogP contribution < -0.4 is 10.6 Å². The van der Waals surface area contributed by atoms with Crippen LogP contribution in [-0.2, 0) is 0 Å². The Bertz CT molecular complexity index is 779. The van der Waals surface area contributed by atoms with E-state index in [-0.39, 0.29) is 0 Å². The van der Waals surface area contributed by atoms with Crippen molar-refractivity contribution in [3.63, 3.8) is 0 Å². The number of hydrogen-bond acceptors (Lipinski definition) is 4. The van der Waals surface area contributed by atoms with Gasteiger partial charge in [-0.05, 0) is 31.4 Å². The maximum absolute atomic E-state index is 5.86. The molecule has 3 aromatic rings. The van der Waals surface area contributed by atoms with Gasteiger partial charge in [0.2, 0.25) is 0 Å². The molecule has 1 aliphatic rings. The Kier molecular flexibility index (Phi) is 3.00. The van der Waals surface area contributed by atoms with E-state index in [1.807, 2.05) is 6.07 Å². The minimum absolute atomic E-state index is 0.564. The average molecular weight is 281 g/mol. The number of hydrogen-bond donors (Lipinski definition) is 2. The first-order valence-corrected chi connectivity index (χ1v) is 7.53. The molecule has 1 aliphatic heterocycles. The number of anilines is 1. The smallest absolute Gasteiger partial charge is 0.143 e. The van der Waals surface area contributed by atoms with Crippen molar-refractivity contribution in [3.05, 3.63) is 30.6 Å². The topological polar surface area (TPSA) is 70.8 Å². The predicted molar refractivity (Wildman–Crippen MR) is 85.4 cm³/mol. The summed E-state index contributed by atoms with van der Waals surface area (Å²) in [6, 6.07) is 8.31. The normalized spacial score (nSPS) is 19.5. The van der Waals surface area contributed by atoms with Gasteiger partial charge in [-0.15, -0.1) is 0 Å². The second kappa shape index (κ2) is 5.00. The number of para-hydroxylation sites is 1. The Hall–Kier alpha value is -2.14. The molecule has 2 aromatic heterocycles. The molecule has 0 amide bonds. The second-order valence-corrected chi connectivity index (χ2v) is 5.78. The van der Waals surface area contributed by atoms with Gasteiger partial charge in [-0.1, -0.05) is 18.2 Å². The minimum Gasteiger partial charge on any atom is -0.356 e. The summed E-state index contributed by atoms with van der Waals surface area (Å²) in [7, 11) is 0. The molecule has 108 valence electrons. The van der Waals surface area contributed by atoms with E-state index in [1.165, 1.54) is 18.2 Å². The molecular weight excluding hydrogens is 262 g/mol. The third-order valence-corrected chi connectivity index (χ3v) is 4.43. The zero-order valence-corrected chi connectivity index (χ0v) is 11.9. The van der Waals surface area contributed by atoms with Gasteiger partial charge < -0.3 is 15.6 Å². The molecule has 4 rings (SSSR count). The van der Waals surface area contributed by atoms with E-state index in [2.05, 4.69) is 38.1 Å². The Labute approximate surface area is 123 Å². The van der Waals surface area contributed by atoms with Crippen LogP contribution in [0.15, 0.2) is 30.6 Å². The summed E-state index contributed by atoms with van der Waals surface area (Å²) in [5.74, 6) is 1.60. The number of benzene rings is 1. The Balaban J connectivity index is 1.88. The zero-order valence-electron chi connectivity index (χ0n) is 11.9. The Morgan fingerprint density at radius 2 is 2.19 bits per heavy atom. The van der Waals surface area contributed by atoms with Crippen molar-refractivity contribution in [2.45, 2.75) is 12.8 Å². The predicted octanol–water partition coefficient (Wildman–Crippen LogP) is 2.29. The van der Waals surface area contributed by atoms with Crippen LogP contribution in [0, 0.1) is 5.92 Å². The number of H-pyrrole nitrogens is 1. The summed E-state index contributed by atoms with van der Waals surface area (Å²) < 4.78 is 0. The Morgan fingerprint density at radius 3 is 3.10 bits per heavy atom. The highest BCUT2D eigenvalue weighted by Gasteiger charge is 2.22. The molecule has 5 nitrogen and oxygen atoms in total. The van der Waals surface area contributed by atoms with Gasteiger partial charge in [0.05, 0.1) is 5.39 Å². The number of piperidine rings is 1. The van der Waals surface area contributed by atoms with E-state index < -0.39 is 0 Å². The van der Waals surface area contributed by atoms with E-state index >= 15 is 0 Å². The third kappa shape index (κ3) is 2.05. The number of aromatic nitrogens is 3. The van der Waals surface area contributed by atoms with Crippen LogP contribution in [0.4, 0.5) is 5.82 Å². The van der Waals surface area contributed by atoms with E-state index in [0.29, 0.717) is 5.92 Å². The van der Waals surface area contributed by atoms with Crippen molar-refractivity contribution in [3.8, 4) is 0 Å². The quantitative estimate of drug-likeness (QED) is 0.756. The molecule has 3 heterocycles. The van der Waals surface area contributed by atoms with E-state index in [0.717, 1.165) is 42.0 Å². The van der Waals surface area contributed by atoms with E-state index in [4.69, 9.17) is 5.73 Å². The van der Waals surface area contributed by atoms with Crippen LogP contribution in [0.2, 0.25) is 0 Å². The molecular formula is C16H19N5. The van der Waals surface area contributed by atoms with Gasteiger partial charge in [-0.25, -0.2) is 9.97 Å². The summed E-state index contributed by atoms with van der Waals surface area (Å²) in [4.78, 5) is 14.7. The van der Waals surface area contributed by atoms with E-state index in [9.17, 15) is 0 Å². The zero-order chi connectivity index (χ0) is 14.2. The highest BCUT2D eigenvalue weighted by Crippen LogP contribution is 2.32. The number of aromatic amines is 1. The molecule has 21 heavy (non-hydrogen) atoms. The van der Waals surface area contributed by atoms with E-state index in [1.54, 1.807) is 6.33 Å². The fourth-order valence-corrected chi connectivity index (χ4v) is 3.35. The summed E-state index contributed by atoms with van der Waals surface area (Å²) in [5, 5.41) is 2.32. The SMILES string of the molecule is NCC1CCCN(c2ncnc3[nH]c4ccccc4c23)C1. The molecule has 0 saturated carbocycles. The molecule has 1 unspecified atom stereocenters. The first kappa shape index (κ1) is 12.6. The summed E-state index contributed by atoms with van der Waals surface area (Å²) in [6.07, 6.45) is 4.05. The Morgan fingerprint density at radius 1 is 1.29 bits per heavy atom. The van der Waals surface area contributed by atoms with Crippen molar-refractivity contribution in [1.82, 2.24) is 15.0 Å². The standard InChI is InChI=1S/C16H19N5/c17-8-11-4-3-7-21(9-11)16-14-12-5-1-2-6-13(12)20-15(14)18-10-19-16/h1-2,5-6,10-11H,3-4,7-9,17H2,(H,18,19,20). The monoisotopic (exact) mass is 281 g/mol. The van der Waals surface area contributed by atoms with Crippen LogP contribution >= 0.6 is 0 Å². The van der Waals surface area contributed by atoms with Crippen molar-refractivity contribution >= 4 is 27.8 Å². The first-order valence-electron chi connectivity index (χ1n) is 7.53. The molecule has 1 atom stereocenters.